The SMILES string of the molecule is CC(C)(C)c1ccccn1.CC(C)(C)c1cccnc1.CC(C)(C)c1ccco1.CC(C)(C)c1cccs1.CC(C)(C)c1cnccn1.Cc1c(C)c(C)c(C(C)(C)C)c(C)c1C.Cc1cc(C(C)(C)C)cnc1C. The highest BCUT2D eigenvalue weighted by Gasteiger charge is 2.23. The molecule has 0 atom stereocenters. The van der Waals surface area contributed by atoms with Gasteiger partial charge in [-0.05, 0) is 162 Å². The van der Waals surface area contributed by atoms with E-state index in [9.17, 15) is 0 Å². The Balaban J connectivity index is 0.000000441. The fraction of sp³-hybridized carbons (Fsp3) is 0.515. The summed E-state index contributed by atoms with van der Waals surface area (Å²) in [5.74, 6) is 1.04. The molecule has 6 nitrogen and oxygen atoms in total. The summed E-state index contributed by atoms with van der Waals surface area (Å²) in [6, 6.07) is 20.5. The number of hydrogen-bond donors (Lipinski definition) is 0. The number of hydrogen-bond acceptors (Lipinski definition) is 7. The maximum atomic E-state index is 5.20. The smallest absolute Gasteiger partial charge is 0.109 e. The first kappa shape index (κ1) is 67.7. The Morgan fingerprint density at radius 1 is 0.387 bits per heavy atom. The lowest BCUT2D eigenvalue weighted by Gasteiger charge is -2.28. The number of thiophene rings is 1. The van der Waals surface area contributed by atoms with Crippen molar-refractivity contribution in [2.75, 3.05) is 0 Å². The van der Waals surface area contributed by atoms with Crippen LogP contribution in [-0.2, 0) is 37.9 Å². The standard InChI is InChI=1S/C15H24.C11H17N.2C9H13N.C8H12N2.C8H12O.C8H12S/c1-9-10(2)12(4)14(15(6,7)8)13(5)11(9)3;1-8-6-10(11(3,4)5)7-12-9(8)2;1-9(2,3)8-5-4-6-10-7-8;1-9(2,3)8-6-4-5-7-10-8;1-8(2,3)7-6-9-4-5-10-7;2*1-8(2,3)7-5-4-6-9-7/h1-8H3;6-7H,1-5H3;2*4-7H,1-3H3;4-6H,1-3H3;2*4-6H,1-3H3. The van der Waals surface area contributed by atoms with Crippen LogP contribution in [0.25, 0.3) is 0 Å². The molecule has 6 aromatic heterocycles. The summed E-state index contributed by atoms with van der Waals surface area (Å²) in [6.45, 7) is 61.4. The molecule has 75 heavy (non-hydrogen) atoms. The van der Waals surface area contributed by atoms with Crippen LogP contribution in [0.5, 0.6) is 0 Å². The van der Waals surface area contributed by atoms with Gasteiger partial charge in [0.25, 0.3) is 0 Å². The molecule has 0 aliphatic heterocycles. The van der Waals surface area contributed by atoms with Crippen LogP contribution in [0.3, 0.4) is 0 Å². The number of benzene rings is 1. The molecule has 0 bridgehead atoms. The van der Waals surface area contributed by atoms with E-state index in [0.29, 0.717) is 5.41 Å². The van der Waals surface area contributed by atoms with E-state index in [-0.39, 0.29) is 32.5 Å². The minimum atomic E-state index is 0.119. The summed E-state index contributed by atoms with van der Waals surface area (Å²) in [5.41, 5.74) is 17.5. The van der Waals surface area contributed by atoms with E-state index in [1.54, 1.807) is 31.1 Å². The average Bonchev–Trinajstić information content (AvgIpc) is 4.07. The summed E-state index contributed by atoms with van der Waals surface area (Å²) in [6.07, 6.45) is 14.5. The molecule has 0 amide bonds. The third-order valence-corrected chi connectivity index (χ3v) is 14.1. The first-order valence-corrected chi connectivity index (χ1v) is 27.7. The minimum Gasteiger partial charge on any atom is -0.469 e. The largest absolute Gasteiger partial charge is 0.469 e. The number of pyridine rings is 3. The fourth-order valence-corrected chi connectivity index (χ4v) is 8.20. The predicted molar refractivity (Wildman–Crippen MR) is 328 cm³/mol. The Hall–Kier alpha value is -5.27. The van der Waals surface area contributed by atoms with Crippen LogP contribution in [0.1, 0.15) is 223 Å². The summed E-state index contributed by atoms with van der Waals surface area (Å²) in [7, 11) is 0. The van der Waals surface area contributed by atoms with Gasteiger partial charge in [-0.3, -0.25) is 24.9 Å². The molecule has 0 saturated heterocycles. The lowest BCUT2D eigenvalue weighted by molar-refractivity contribution is 0.409. The Bertz CT molecular complexity index is 2460. The molecule has 0 N–H and O–H groups in total. The van der Waals surface area contributed by atoms with E-state index in [2.05, 4.69) is 248 Å². The molecule has 0 radical (unpaired) electrons. The second-order valence-corrected chi connectivity index (χ2v) is 27.8. The monoisotopic (exact) mass is 1040 g/mol. The number of nitrogens with zero attached hydrogens (tertiary/aromatic N) is 5. The molecule has 0 aliphatic rings. The number of furan rings is 1. The number of rotatable bonds is 0. The van der Waals surface area contributed by atoms with Gasteiger partial charge in [-0.1, -0.05) is 170 Å². The third kappa shape index (κ3) is 24.5. The van der Waals surface area contributed by atoms with Crippen molar-refractivity contribution in [3.63, 3.8) is 0 Å². The second kappa shape index (κ2) is 28.7. The van der Waals surface area contributed by atoms with Gasteiger partial charge in [0.05, 0.1) is 12.0 Å². The van der Waals surface area contributed by atoms with Gasteiger partial charge in [0.2, 0.25) is 0 Å². The zero-order chi connectivity index (χ0) is 58.0. The Morgan fingerprint density at radius 2 is 0.920 bits per heavy atom. The van der Waals surface area contributed by atoms with Crippen LogP contribution >= 0.6 is 11.3 Å². The van der Waals surface area contributed by atoms with Crippen molar-refractivity contribution >= 4 is 11.3 Å². The molecule has 7 heteroatoms. The zero-order valence-corrected chi connectivity index (χ0v) is 53.3. The van der Waals surface area contributed by atoms with Crippen molar-refractivity contribution in [3.05, 3.63) is 193 Å². The van der Waals surface area contributed by atoms with Gasteiger partial charge in [-0.15, -0.1) is 11.3 Å². The third-order valence-electron chi connectivity index (χ3n) is 12.8. The quantitative estimate of drug-likeness (QED) is 0.151. The molecule has 7 rings (SSSR count). The average molecular weight is 1040 g/mol. The molecule has 1 aromatic carbocycles. The van der Waals surface area contributed by atoms with Crippen LogP contribution in [0.4, 0.5) is 0 Å². The van der Waals surface area contributed by atoms with Gasteiger partial charge in [0.15, 0.2) is 0 Å². The molecule has 0 aliphatic carbocycles. The molecule has 0 fully saturated rings. The molecule has 7 aromatic rings. The topological polar surface area (TPSA) is 77.6 Å². The van der Waals surface area contributed by atoms with Crippen molar-refractivity contribution in [1.29, 1.82) is 0 Å². The Morgan fingerprint density at radius 3 is 1.21 bits per heavy atom. The molecular formula is C68H103N5OS. The van der Waals surface area contributed by atoms with Crippen LogP contribution in [-0.4, -0.2) is 24.9 Å². The zero-order valence-electron chi connectivity index (χ0n) is 52.5. The summed E-state index contributed by atoms with van der Waals surface area (Å²) in [5, 5.41) is 2.13. The highest BCUT2D eigenvalue weighted by atomic mass is 32.1. The van der Waals surface area contributed by atoms with Crippen molar-refractivity contribution in [2.24, 2.45) is 0 Å². The van der Waals surface area contributed by atoms with Crippen LogP contribution < -0.4 is 0 Å². The first-order valence-electron chi connectivity index (χ1n) is 26.8. The summed E-state index contributed by atoms with van der Waals surface area (Å²) in [4.78, 5) is 22.3. The molecule has 0 saturated carbocycles. The van der Waals surface area contributed by atoms with Gasteiger partial charge < -0.3 is 4.42 Å². The van der Waals surface area contributed by atoms with Gasteiger partial charge in [-0.2, -0.15) is 0 Å². The van der Waals surface area contributed by atoms with E-state index in [0.717, 1.165) is 22.8 Å². The predicted octanol–water partition coefficient (Wildman–Crippen LogP) is 19.7. The van der Waals surface area contributed by atoms with Crippen molar-refractivity contribution < 1.29 is 4.42 Å². The summed E-state index contributed by atoms with van der Waals surface area (Å²) < 4.78 is 5.20. The van der Waals surface area contributed by atoms with E-state index in [1.165, 1.54) is 54.9 Å². The van der Waals surface area contributed by atoms with Crippen LogP contribution in [0, 0.1) is 48.5 Å². The molecule has 0 unspecified atom stereocenters. The molecule has 412 valence electrons. The second-order valence-electron chi connectivity index (χ2n) is 26.9. The number of aryl methyl sites for hydroxylation is 2. The maximum absolute atomic E-state index is 5.20. The molecule has 6 heterocycles. The van der Waals surface area contributed by atoms with E-state index in [1.807, 2.05) is 67.2 Å². The van der Waals surface area contributed by atoms with E-state index in [4.69, 9.17) is 4.42 Å². The van der Waals surface area contributed by atoms with Crippen molar-refractivity contribution in [3.8, 4) is 0 Å². The maximum Gasteiger partial charge on any atom is 0.109 e. The van der Waals surface area contributed by atoms with E-state index < -0.39 is 0 Å². The van der Waals surface area contributed by atoms with Crippen LogP contribution in [0.2, 0.25) is 0 Å². The van der Waals surface area contributed by atoms with Crippen LogP contribution in [0.15, 0.2) is 120 Å². The molecule has 0 spiro atoms. The Labute approximate surface area is 463 Å². The number of aromatic nitrogens is 5. The minimum absolute atomic E-state index is 0.119. The van der Waals surface area contributed by atoms with Gasteiger partial charge in [-0.25, -0.2) is 0 Å². The lowest BCUT2D eigenvalue weighted by Crippen LogP contribution is -2.17. The molecular weight excluding hydrogens is 935 g/mol. The normalized spacial score (nSPS) is 11.7. The highest BCUT2D eigenvalue weighted by molar-refractivity contribution is 7.10. The van der Waals surface area contributed by atoms with E-state index >= 15 is 0 Å². The van der Waals surface area contributed by atoms with Crippen molar-refractivity contribution in [2.45, 2.75) is 232 Å². The lowest BCUT2D eigenvalue weighted by atomic mass is 9.77. The van der Waals surface area contributed by atoms with Gasteiger partial charge in [0, 0.05) is 75.9 Å². The first-order chi connectivity index (χ1) is 34.1. The highest BCUT2D eigenvalue weighted by Crippen LogP contribution is 2.35. The fourth-order valence-electron chi connectivity index (χ4n) is 7.39. The van der Waals surface area contributed by atoms with Gasteiger partial charge in [0.1, 0.15) is 5.76 Å². The Kier molecular flexibility index (Phi) is 26.0. The summed E-state index contributed by atoms with van der Waals surface area (Å²) >= 11 is 1.83. The van der Waals surface area contributed by atoms with Gasteiger partial charge >= 0.3 is 0 Å². The van der Waals surface area contributed by atoms with Crippen molar-refractivity contribution in [1.82, 2.24) is 24.9 Å².